The molecule has 0 saturated heterocycles. The van der Waals surface area contributed by atoms with Crippen LogP contribution >= 0.6 is 11.3 Å². The second kappa shape index (κ2) is 4.47. The van der Waals surface area contributed by atoms with Crippen LogP contribution in [0.25, 0.3) is 20.2 Å². The first-order chi connectivity index (χ1) is 8.38. The lowest BCUT2D eigenvalue weighted by Gasteiger charge is -2.00. The van der Waals surface area contributed by atoms with Crippen LogP contribution in [0.1, 0.15) is 12.0 Å². The molecule has 3 aromatic rings. The van der Waals surface area contributed by atoms with Gasteiger partial charge in [0, 0.05) is 20.2 Å². The lowest BCUT2D eigenvalue weighted by Crippen LogP contribution is -1.99. The lowest BCUT2D eigenvalue weighted by atomic mass is 10.1. The summed E-state index contributed by atoms with van der Waals surface area (Å²) in [5.41, 5.74) is 6.96. The first-order valence-corrected chi connectivity index (χ1v) is 6.80. The predicted octanol–water partition coefficient (Wildman–Crippen LogP) is 3.95. The van der Waals surface area contributed by atoms with Crippen LogP contribution in [0.5, 0.6) is 0 Å². The van der Waals surface area contributed by atoms with Crippen LogP contribution in [0.2, 0.25) is 0 Å². The molecule has 1 heterocycles. The summed E-state index contributed by atoms with van der Waals surface area (Å²) in [6.45, 7) is 0.766. The minimum atomic E-state index is 0.766. The van der Waals surface area contributed by atoms with Gasteiger partial charge in [-0.15, -0.1) is 11.3 Å². The molecule has 17 heavy (non-hydrogen) atoms. The van der Waals surface area contributed by atoms with Gasteiger partial charge in [-0.1, -0.05) is 24.3 Å². The summed E-state index contributed by atoms with van der Waals surface area (Å²) in [7, 11) is 0. The van der Waals surface area contributed by atoms with Crippen LogP contribution in [0.4, 0.5) is 0 Å². The SMILES string of the molecule is NCCCc1ccc2sc3ccccc3c2c1. The van der Waals surface area contributed by atoms with Crippen molar-refractivity contribution in [2.45, 2.75) is 12.8 Å². The Hall–Kier alpha value is -1.38. The summed E-state index contributed by atoms with van der Waals surface area (Å²) in [5.74, 6) is 0. The number of hydrogen-bond donors (Lipinski definition) is 1. The average molecular weight is 241 g/mol. The van der Waals surface area contributed by atoms with E-state index in [9.17, 15) is 0 Å². The summed E-state index contributed by atoms with van der Waals surface area (Å²) in [6.07, 6.45) is 2.14. The number of fused-ring (bicyclic) bond motifs is 3. The molecule has 0 radical (unpaired) electrons. The van der Waals surface area contributed by atoms with Crippen LogP contribution in [-0.2, 0) is 6.42 Å². The summed E-state index contributed by atoms with van der Waals surface area (Å²) in [5, 5.41) is 2.77. The summed E-state index contributed by atoms with van der Waals surface area (Å²) in [4.78, 5) is 0. The van der Waals surface area contributed by atoms with E-state index < -0.39 is 0 Å². The van der Waals surface area contributed by atoms with E-state index >= 15 is 0 Å². The Morgan fingerprint density at radius 2 is 1.76 bits per heavy atom. The maximum Gasteiger partial charge on any atom is 0.0355 e. The van der Waals surface area contributed by atoms with Crippen LogP contribution in [-0.4, -0.2) is 6.54 Å². The topological polar surface area (TPSA) is 26.0 Å². The Morgan fingerprint density at radius 1 is 0.941 bits per heavy atom. The van der Waals surface area contributed by atoms with E-state index in [0.29, 0.717) is 0 Å². The predicted molar refractivity (Wildman–Crippen MR) is 76.7 cm³/mol. The van der Waals surface area contributed by atoms with Crippen molar-refractivity contribution >= 4 is 31.5 Å². The zero-order valence-electron chi connectivity index (χ0n) is 9.65. The van der Waals surface area contributed by atoms with Gasteiger partial charge in [0.2, 0.25) is 0 Å². The van der Waals surface area contributed by atoms with Gasteiger partial charge in [-0.25, -0.2) is 0 Å². The molecule has 2 N–H and O–H groups in total. The van der Waals surface area contributed by atoms with Gasteiger partial charge in [0.15, 0.2) is 0 Å². The zero-order valence-corrected chi connectivity index (χ0v) is 10.5. The van der Waals surface area contributed by atoms with Crippen molar-refractivity contribution in [3.63, 3.8) is 0 Å². The highest BCUT2D eigenvalue weighted by molar-refractivity contribution is 7.25. The second-order valence-electron chi connectivity index (χ2n) is 4.32. The third-order valence-electron chi connectivity index (χ3n) is 3.11. The number of rotatable bonds is 3. The van der Waals surface area contributed by atoms with E-state index in [0.717, 1.165) is 19.4 Å². The lowest BCUT2D eigenvalue weighted by molar-refractivity contribution is 0.834. The first kappa shape index (κ1) is 10.8. The Balaban J connectivity index is 2.16. The van der Waals surface area contributed by atoms with E-state index in [-0.39, 0.29) is 0 Å². The van der Waals surface area contributed by atoms with Crippen LogP contribution in [0, 0.1) is 0 Å². The number of aryl methyl sites for hydroxylation is 1. The Morgan fingerprint density at radius 3 is 2.65 bits per heavy atom. The highest BCUT2D eigenvalue weighted by Gasteiger charge is 2.04. The molecular weight excluding hydrogens is 226 g/mol. The monoisotopic (exact) mass is 241 g/mol. The molecule has 3 rings (SSSR count). The molecule has 0 amide bonds. The molecule has 0 aliphatic carbocycles. The molecule has 0 spiro atoms. The average Bonchev–Trinajstić information content (AvgIpc) is 2.74. The van der Waals surface area contributed by atoms with Crippen LogP contribution in [0.15, 0.2) is 42.5 Å². The normalized spacial score (nSPS) is 11.4. The smallest absolute Gasteiger partial charge is 0.0355 e. The highest BCUT2D eigenvalue weighted by atomic mass is 32.1. The van der Waals surface area contributed by atoms with Gasteiger partial charge >= 0.3 is 0 Å². The van der Waals surface area contributed by atoms with E-state index in [4.69, 9.17) is 5.73 Å². The molecule has 0 aliphatic heterocycles. The number of hydrogen-bond acceptors (Lipinski definition) is 2. The molecule has 1 nitrogen and oxygen atoms in total. The van der Waals surface area contributed by atoms with Crippen molar-refractivity contribution < 1.29 is 0 Å². The van der Waals surface area contributed by atoms with Gasteiger partial charge in [0.05, 0.1) is 0 Å². The van der Waals surface area contributed by atoms with E-state index in [1.54, 1.807) is 0 Å². The fourth-order valence-electron chi connectivity index (χ4n) is 2.23. The van der Waals surface area contributed by atoms with Crippen molar-refractivity contribution in [2.75, 3.05) is 6.54 Å². The fourth-order valence-corrected chi connectivity index (χ4v) is 3.32. The van der Waals surface area contributed by atoms with Gasteiger partial charge in [0.25, 0.3) is 0 Å². The van der Waals surface area contributed by atoms with Crippen molar-refractivity contribution in [3.05, 3.63) is 48.0 Å². The zero-order chi connectivity index (χ0) is 11.7. The van der Waals surface area contributed by atoms with Gasteiger partial charge in [-0.05, 0) is 43.1 Å². The van der Waals surface area contributed by atoms with Crippen molar-refractivity contribution in [3.8, 4) is 0 Å². The third-order valence-corrected chi connectivity index (χ3v) is 4.26. The minimum absolute atomic E-state index is 0.766. The molecule has 2 aromatic carbocycles. The largest absolute Gasteiger partial charge is 0.330 e. The molecule has 1 aromatic heterocycles. The van der Waals surface area contributed by atoms with E-state index in [1.807, 2.05) is 11.3 Å². The molecule has 2 heteroatoms. The third kappa shape index (κ3) is 1.94. The standard InChI is InChI=1S/C15H15NS/c16-9-3-4-11-7-8-15-13(10-11)12-5-1-2-6-14(12)17-15/h1-2,5-8,10H,3-4,9,16H2. The molecule has 0 aliphatic rings. The Labute approximate surface area is 105 Å². The van der Waals surface area contributed by atoms with E-state index in [2.05, 4.69) is 42.5 Å². The second-order valence-corrected chi connectivity index (χ2v) is 5.40. The molecule has 0 atom stereocenters. The molecule has 0 fully saturated rings. The highest BCUT2D eigenvalue weighted by Crippen LogP contribution is 2.34. The number of thiophene rings is 1. The number of benzene rings is 2. The molecular formula is C15H15NS. The number of nitrogens with two attached hydrogens (primary N) is 1. The molecule has 0 saturated carbocycles. The summed E-state index contributed by atoms with van der Waals surface area (Å²) < 4.78 is 2.75. The first-order valence-electron chi connectivity index (χ1n) is 5.99. The van der Waals surface area contributed by atoms with Gasteiger partial charge in [-0.2, -0.15) is 0 Å². The molecule has 0 bridgehead atoms. The van der Waals surface area contributed by atoms with Crippen molar-refractivity contribution in [2.24, 2.45) is 5.73 Å². The van der Waals surface area contributed by atoms with Gasteiger partial charge < -0.3 is 5.73 Å². The minimum Gasteiger partial charge on any atom is -0.330 e. The Kier molecular flexibility index (Phi) is 2.83. The maximum absolute atomic E-state index is 5.56. The summed E-state index contributed by atoms with van der Waals surface area (Å²) in [6, 6.07) is 15.4. The van der Waals surface area contributed by atoms with Crippen molar-refractivity contribution in [1.29, 1.82) is 0 Å². The molecule has 86 valence electrons. The van der Waals surface area contributed by atoms with Crippen LogP contribution in [0.3, 0.4) is 0 Å². The summed E-state index contributed by atoms with van der Waals surface area (Å²) >= 11 is 1.87. The van der Waals surface area contributed by atoms with Crippen molar-refractivity contribution in [1.82, 2.24) is 0 Å². The van der Waals surface area contributed by atoms with Crippen LogP contribution < -0.4 is 5.73 Å². The quantitative estimate of drug-likeness (QED) is 0.738. The Bertz CT molecular complexity index is 654. The fraction of sp³-hybridized carbons (Fsp3) is 0.200. The molecule has 0 unspecified atom stereocenters. The van der Waals surface area contributed by atoms with E-state index in [1.165, 1.54) is 25.7 Å². The van der Waals surface area contributed by atoms with Gasteiger partial charge in [-0.3, -0.25) is 0 Å². The van der Waals surface area contributed by atoms with Gasteiger partial charge in [0.1, 0.15) is 0 Å². The maximum atomic E-state index is 5.56.